The van der Waals surface area contributed by atoms with Crippen LogP contribution in [0.4, 0.5) is 10.1 Å². The van der Waals surface area contributed by atoms with Crippen molar-refractivity contribution in [2.75, 3.05) is 6.26 Å². The van der Waals surface area contributed by atoms with E-state index >= 15 is 0 Å². The average Bonchev–Trinajstić information content (AvgIpc) is 2.23. The van der Waals surface area contributed by atoms with Crippen LogP contribution in [0.25, 0.3) is 0 Å². The summed E-state index contributed by atoms with van der Waals surface area (Å²) in [7, 11) is -4.20. The van der Waals surface area contributed by atoms with Crippen LogP contribution in [-0.4, -0.2) is 30.7 Å². The number of nitrogens with zero attached hydrogens (tertiary/aromatic N) is 1. The van der Waals surface area contributed by atoms with Gasteiger partial charge in [0.05, 0.1) is 16.7 Å². The van der Waals surface area contributed by atoms with Crippen molar-refractivity contribution in [1.29, 1.82) is 0 Å². The van der Waals surface area contributed by atoms with Gasteiger partial charge in [0, 0.05) is 6.07 Å². The van der Waals surface area contributed by atoms with Crippen molar-refractivity contribution in [3.05, 3.63) is 39.7 Å². The molecule has 8 nitrogen and oxygen atoms in total. The van der Waals surface area contributed by atoms with Gasteiger partial charge in [0.2, 0.25) is 6.10 Å². The van der Waals surface area contributed by atoms with Crippen molar-refractivity contribution in [2.45, 2.75) is 6.10 Å². The quantitative estimate of drug-likeness (QED) is 0.484. The second kappa shape index (κ2) is 5.28. The first-order valence-corrected chi connectivity index (χ1v) is 6.48. The number of carbonyl (C=O) groups is 1. The summed E-state index contributed by atoms with van der Waals surface area (Å²) >= 11 is 0. The van der Waals surface area contributed by atoms with E-state index in [1.807, 2.05) is 0 Å². The molecular weight excluding hydrogens is 285 g/mol. The van der Waals surface area contributed by atoms with Gasteiger partial charge in [-0.3, -0.25) is 10.1 Å². The highest BCUT2D eigenvalue weighted by Crippen LogP contribution is 2.29. The lowest BCUT2D eigenvalue weighted by atomic mass is 10.1. The highest BCUT2D eigenvalue weighted by molar-refractivity contribution is 7.86. The Bertz CT molecular complexity index is 627. The summed E-state index contributed by atoms with van der Waals surface area (Å²) < 4.78 is 39.2. The molecule has 104 valence electrons. The number of aliphatic carboxylic acids is 1. The van der Waals surface area contributed by atoms with Crippen molar-refractivity contribution in [2.24, 2.45) is 0 Å². The van der Waals surface area contributed by atoms with E-state index in [-0.39, 0.29) is 0 Å². The maximum Gasteiger partial charge on any atom is 0.339 e. The molecule has 1 aromatic carbocycles. The van der Waals surface area contributed by atoms with Crippen LogP contribution in [-0.2, 0) is 19.1 Å². The second-order valence-corrected chi connectivity index (χ2v) is 5.08. The van der Waals surface area contributed by atoms with Crippen molar-refractivity contribution in [3.63, 3.8) is 0 Å². The smallest absolute Gasteiger partial charge is 0.339 e. The molecule has 0 bridgehead atoms. The minimum atomic E-state index is -4.20. The minimum absolute atomic E-state index is 0.544. The van der Waals surface area contributed by atoms with Crippen molar-refractivity contribution in [3.8, 4) is 0 Å². The van der Waals surface area contributed by atoms with Crippen molar-refractivity contribution >= 4 is 21.8 Å². The van der Waals surface area contributed by atoms with Gasteiger partial charge in [0.25, 0.3) is 15.8 Å². The topological polar surface area (TPSA) is 124 Å². The van der Waals surface area contributed by atoms with Gasteiger partial charge in [0.15, 0.2) is 0 Å². The fourth-order valence-corrected chi connectivity index (χ4v) is 1.84. The van der Waals surface area contributed by atoms with E-state index in [1.54, 1.807) is 0 Å². The normalized spacial score (nSPS) is 12.9. The largest absolute Gasteiger partial charge is 0.479 e. The minimum Gasteiger partial charge on any atom is -0.479 e. The van der Waals surface area contributed by atoms with Crippen LogP contribution in [0.15, 0.2) is 18.2 Å². The van der Waals surface area contributed by atoms with Gasteiger partial charge >= 0.3 is 5.97 Å². The Morgan fingerprint density at radius 3 is 2.53 bits per heavy atom. The lowest BCUT2D eigenvalue weighted by Gasteiger charge is -2.12. The highest BCUT2D eigenvalue weighted by atomic mass is 32.2. The molecule has 1 rings (SSSR count). The Balaban J connectivity index is 3.41. The van der Waals surface area contributed by atoms with E-state index in [1.165, 1.54) is 0 Å². The van der Waals surface area contributed by atoms with E-state index in [2.05, 4.69) is 4.18 Å². The number of hydrogen-bond donors (Lipinski definition) is 1. The Morgan fingerprint density at radius 2 is 2.11 bits per heavy atom. The number of nitro groups is 1. The maximum atomic E-state index is 13.0. The zero-order valence-electron chi connectivity index (χ0n) is 9.44. The molecule has 1 atom stereocenters. The van der Waals surface area contributed by atoms with Crippen molar-refractivity contribution < 1.29 is 31.8 Å². The van der Waals surface area contributed by atoms with Crippen molar-refractivity contribution in [1.82, 2.24) is 0 Å². The Labute approximate surface area is 106 Å². The molecule has 0 heterocycles. The molecule has 0 aromatic heterocycles. The molecule has 10 heteroatoms. The molecule has 0 amide bonds. The van der Waals surface area contributed by atoms with E-state index in [9.17, 15) is 27.7 Å². The molecular formula is C9H8FNO7S. The summed E-state index contributed by atoms with van der Waals surface area (Å²) in [4.78, 5) is 20.7. The summed E-state index contributed by atoms with van der Waals surface area (Å²) in [6, 6.07) is 2.02. The van der Waals surface area contributed by atoms with Gasteiger partial charge in [0.1, 0.15) is 5.82 Å². The number of carboxylic acids is 1. The molecule has 19 heavy (non-hydrogen) atoms. The summed E-state index contributed by atoms with van der Waals surface area (Å²) in [6.45, 7) is 0. The lowest BCUT2D eigenvalue weighted by Crippen LogP contribution is -2.20. The van der Waals surface area contributed by atoms with Crippen LogP contribution in [0, 0.1) is 15.9 Å². The van der Waals surface area contributed by atoms with Crippen LogP contribution in [0.2, 0.25) is 0 Å². The molecule has 0 saturated carbocycles. The molecule has 0 aliphatic rings. The predicted molar refractivity (Wildman–Crippen MR) is 59.4 cm³/mol. The van der Waals surface area contributed by atoms with Crippen LogP contribution in [0.1, 0.15) is 11.7 Å². The molecule has 0 radical (unpaired) electrons. The first-order valence-electron chi connectivity index (χ1n) is 4.66. The van der Waals surface area contributed by atoms with E-state index in [0.717, 1.165) is 12.1 Å². The third-order valence-corrected chi connectivity index (χ3v) is 2.51. The zero-order chi connectivity index (χ0) is 14.8. The first kappa shape index (κ1) is 15.0. The van der Waals surface area contributed by atoms with Gasteiger partial charge in [-0.15, -0.1) is 0 Å². The fraction of sp³-hybridized carbons (Fsp3) is 0.222. The summed E-state index contributed by atoms with van der Waals surface area (Å²) in [6.07, 6.45) is -1.61. The Morgan fingerprint density at radius 1 is 1.53 bits per heavy atom. The van der Waals surface area contributed by atoms with Gasteiger partial charge < -0.3 is 5.11 Å². The van der Waals surface area contributed by atoms with Crippen LogP contribution in [0.5, 0.6) is 0 Å². The molecule has 1 unspecified atom stereocenters. The third-order valence-electron chi connectivity index (χ3n) is 1.96. The molecule has 1 aromatic rings. The first-order chi connectivity index (χ1) is 8.61. The Kier molecular flexibility index (Phi) is 4.17. The number of nitro benzene ring substituents is 1. The number of hydrogen-bond acceptors (Lipinski definition) is 6. The lowest BCUT2D eigenvalue weighted by molar-refractivity contribution is -0.386. The SMILES string of the molecule is CS(=O)(=O)OC(C(=O)O)c1cc(F)ccc1[N+](=O)[O-]. The zero-order valence-corrected chi connectivity index (χ0v) is 10.3. The Hall–Kier alpha value is -2.07. The molecule has 0 aliphatic heterocycles. The number of rotatable bonds is 5. The molecule has 0 aliphatic carbocycles. The van der Waals surface area contributed by atoms with Gasteiger partial charge in [-0.25, -0.2) is 13.4 Å². The van der Waals surface area contributed by atoms with Crippen LogP contribution < -0.4 is 0 Å². The van der Waals surface area contributed by atoms with Crippen LogP contribution >= 0.6 is 0 Å². The van der Waals surface area contributed by atoms with E-state index in [0.29, 0.717) is 12.3 Å². The number of benzene rings is 1. The molecule has 0 spiro atoms. The molecule has 0 fully saturated rings. The molecule has 1 N–H and O–H groups in total. The third kappa shape index (κ3) is 3.96. The number of halogens is 1. The van der Waals surface area contributed by atoms with Gasteiger partial charge in [-0.1, -0.05) is 0 Å². The van der Waals surface area contributed by atoms with E-state index < -0.39 is 44.2 Å². The predicted octanol–water partition coefficient (Wildman–Crippen LogP) is 0.836. The standard InChI is InChI=1S/C9H8FNO7S/c1-19(16,17)18-8(9(12)13)6-4-5(10)2-3-7(6)11(14)15/h2-4,8H,1H3,(H,12,13). The summed E-state index contributed by atoms with van der Waals surface area (Å²) in [5.41, 5.74) is -1.44. The average molecular weight is 293 g/mol. The van der Waals surface area contributed by atoms with Gasteiger partial charge in [-0.05, 0) is 12.1 Å². The fourth-order valence-electron chi connectivity index (χ4n) is 1.30. The highest BCUT2D eigenvalue weighted by Gasteiger charge is 2.32. The van der Waals surface area contributed by atoms with Gasteiger partial charge in [-0.2, -0.15) is 8.42 Å². The molecule has 0 saturated heterocycles. The maximum absolute atomic E-state index is 13.0. The number of carboxylic acid groups (broad SMARTS) is 1. The van der Waals surface area contributed by atoms with E-state index in [4.69, 9.17) is 5.11 Å². The van der Waals surface area contributed by atoms with Crippen LogP contribution in [0.3, 0.4) is 0 Å². The summed E-state index contributed by atoms with van der Waals surface area (Å²) in [5, 5.41) is 19.6. The monoisotopic (exact) mass is 293 g/mol. The second-order valence-electron chi connectivity index (χ2n) is 3.48. The summed E-state index contributed by atoms with van der Waals surface area (Å²) in [5.74, 6) is -2.75.